The van der Waals surface area contributed by atoms with Crippen LogP contribution in [0, 0.1) is 0 Å². The lowest BCUT2D eigenvalue weighted by Crippen LogP contribution is -2.30. The van der Waals surface area contributed by atoms with E-state index in [1.165, 1.54) is 0 Å². The van der Waals surface area contributed by atoms with Crippen molar-refractivity contribution in [3.63, 3.8) is 0 Å². The zero-order valence-electron chi connectivity index (χ0n) is 15.9. The van der Waals surface area contributed by atoms with Gasteiger partial charge in [0.1, 0.15) is 5.75 Å². The Morgan fingerprint density at radius 1 is 0.960 bits per heavy atom. The molecule has 0 unspecified atom stereocenters. The minimum Gasteiger partial charge on any atom is -0.507 e. The van der Waals surface area contributed by atoms with Gasteiger partial charge in [-0.05, 0) is 39.7 Å². The lowest BCUT2D eigenvalue weighted by molar-refractivity contribution is 0.0954. The summed E-state index contributed by atoms with van der Waals surface area (Å²) in [6, 6.07) is 11.2. The van der Waals surface area contributed by atoms with E-state index in [-0.39, 0.29) is 16.6 Å². The van der Waals surface area contributed by atoms with E-state index in [9.17, 15) is 9.90 Å². The van der Waals surface area contributed by atoms with Crippen molar-refractivity contribution >= 4 is 5.91 Å². The SMILES string of the molecule is CC(C)(C)c1cc(-c2c(O)cccc2C(=O)NN)cc(C(C)(C)C)c1. The van der Waals surface area contributed by atoms with Crippen molar-refractivity contribution < 1.29 is 9.90 Å². The first-order valence-corrected chi connectivity index (χ1v) is 8.44. The van der Waals surface area contributed by atoms with Gasteiger partial charge in [0.25, 0.3) is 5.91 Å². The van der Waals surface area contributed by atoms with Gasteiger partial charge in [0.05, 0.1) is 5.56 Å². The van der Waals surface area contributed by atoms with E-state index in [0.29, 0.717) is 11.1 Å². The highest BCUT2D eigenvalue weighted by Crippen LogP contribution is 2.38. The molecule has 0 aromatic heterocycles. The average Bonchev–Trinajstić information content (AvgIpc) is 2.51. The molecule has 0 radical (unpaired) electrons. The summed E-state index contributed by atoms with van der Waals surface area (Å²) in [6.45, 7) is 12.9. The molecular weight excluding hydrogens is 312 g/mol. The molecule has 0 saturated heterocycles. The molecular formula is C21H28N2O2. The predicted molar refractivity (Wildman–Crippen MR) is 103 cm³/mol. The molecule has 2 rings (SSSR count). The van der Waals surface area contributed by atoms with Gasteiger partial charge in [0, 0.05) is 5.56 Å². The number of amides is 1. The molecule has 0 aliphatic carbocycles. The molecule has 0 bridgehead atoms. The van der Waals surface area contributed by atoms with Crippen molar-refractivity contribution in [2.24, 2.45) is 5.84 Å². The summed E-state index contributed by atoms with van der Waals surface area (Å²) in [6.07, 6.45) is 0. The normalized spacial score (nSPS) is 12.1. The van der Waals surface area contributed by atoms with Crippen LogP contribution in [0.3, 0.4) is 0 Å². The van der Waals surface area contributed by atoms with Crippen molar-refractivity contribution in [2.75, 3.05) is 0 Å². The summed E-state index contributed by atoms with van der Waals surface area (Å²) in [5.41, 5.74) is 6.01. The van der Waals surface area contributed by atoms with E-state index in [4.69, 9.17) is 5.84 Å². The van der Waals surface area contributed by atoms with Gasteiger partial charge in [-0.25, -0.2) is 5.84 Å². The maximum Gasteiger partial charge on any atom is 0.265 e. The van der Waals surface area contributed by atoms with E-state index in [1.54, 1.807) is 18.2 Å². The summed E-state index contributed by atoms with van der Waals surface area (Å²) in [5, 5.41) is 10.5. The third kappa shape index (κ3) is 4.02. The lowest BCUT2D eigenvalue weighted by Gasteiger charge is -2.26. The number of hydrogen-bond donors (Lipinski definition) is 3. The standard InChI is InChI=1S/C21H28N2O2/c1-20(2,3)14-10-13(11-15(12-14)21(4,5)6)18-16(19(25)23-22)8-7-9-17(18)24/h7-12,24H,22H2,1-6H3,(H,23,25). The molecule has 0 fully saturated rings. The van der Waals surface area contributed by atoms with E-state index < -0.39 is 5.91 Å². The zero-order valence-corrected chi connectivity index (χ0v) is 15.9. The molecule has 0 saturated carbocycles. The maximum absolute atomic E-state index is 12.2. The van der Waals surface area contributed by atoms with E-state index in [1.807, 2.05) is 12.1 Å². The molecule has 4 nitrogen and oxygen atoms in total. The molecule has 0 spiro atoms. The van der Waals surface area contributed by atoms with Gasteiger partial charge in [0.15, 0.2) is 0 Å². The van der Waals surface area contributed by atoms with Crippen molar-refractivity contribution in [1.82, 2.24) is 5.43 Å². The molecule has 2 aromatic rings. The predicted octanol–water partition coefficient (Wildman–Crippen LogP) is 4.26. The highest BCUT2D eigenvalue weighted by atomic mass is 16.3. The van der Waals surface area contributed by atoms with Crippen LogP contribution in [0.25, 0.3) is 11.1 Å². The second kappa shape index (κ2) is 6.52. The van der Waals surface area contributed by atoms with Gasteiger partial charge in [-0.2, -0.15) is 0 Å². The van der Waals surface area contributed by atoms with E-state index >= 15 is 0 Å². The van der Waals surface area contributed by atoms with Gasteiger partial charge in [-0.15, -0.1) is 0 Å². The molecule has 4 N–H and O–H groups in total. The minimum absolute atomic E-state index is 0.0588. The van der Waals surface area contributed by atoms with E-state index in [2.05, 4.69) is 53.0 Å². The highest BCUT2D eigenvalue weighted by molar-refractivity contribution is 6.02. The van der Waals surface area contributed by atoms with Gasteiger partial charge < -0.3 is 5.11 Å². The monoisotopic (exact) mass is 340 g/mol. The van der Waals surface area contributed by atoms with Crippen molar-refractivity contribution in [2.45, 2.75) is 52.4 Å². The zero-order chi connectivity index (χ0) is 19.0. The Morgan fingerprint density at radius 3 is 1.92 bits per heavy atom. The number of benzene rings is 2. The first-order chi connectivity index (χ1) is 11.4. The number of aromatic hydroxyl groups is 1. The fourth-order valence-electron chi connectivity index (χ4n) is 2.75. The molecule has 134 valence electrons. The Morgan fingerprint density at radius 2 is 1.48 bits per heavy atom. The van der Waals surface area contributed by atoms with Crippen LogP contribution in [0.5, 0.6) is 5.75 Å². The smallest absolute Gasteiger partial charge is 0.265 e. The quantitative estimate of drug-likeness (QED) is 0.434. The van der Waals surface area contributed by atoms with Crippen LogP contribution in [0.1, 0.15) is 63.0 Å². The maximum atomic E-state index is 12.2. The van der Waals surface area contributed by atoms with Gasteiger partial charge in [-0.1, -0.05) is 65.8 Å². The van der Waals surface area contributed by atoms with Gasteiger partial charge in [-0.3, -0.25) is 10.2 Å². The number of nitrogen functional groups attached to an aromatic ring is 1. The van der Waals surface area contributed by atoms with Crippen LogP contribution in [0.4, 0.5) is 0 Å². The van der Waals surface area contributed by atoms with Crippen LogP contribution in [0.2, 0.25) is 0 Å². The molecule has 0 heterocycles. The first kappa shape index (κ1) is 19.0. The Balaban J connectivity index is 2.82. The summed E-state index contributed by atoms with van der Waals surface area (Å²) >= 11 is 0. The molecule has 0 aliphatic heterocycles. The molecule has 25 heavy (non-hydrogen) atoms. The van der Waals surface area contributed by atoms with Gasteiger partial charge in [0.2, 0.25) is 0 Å². The Hall–Kier alpha value is -2.33. The first-order valence-electron chi connectivity index (χ1n) is 8.44. The molecule has 4 heteroatoms. The number of nitrogens with two attached hydrogens (primary N) is 1. The van der Waals surface area contributed by atoms with E-state index in [0.717, 1.165) is 16.7 Å². The number of carbonyl (C=O) groups excluding carboxylic acids is 1. The number of rotatable bonds is 2. The second-order valence-electron chi connectivity index (χ2n) is 8.47. The average molecular weight is 340 g/mol. The second-order valence-corrected chi connectivity index (χ2v) is 8.47. The van der Waals surface area contributed by atoms with Crippen LogP contribution >= 0.6 is 0 Å². The molecule has 0 aliphatic rings. The van der Waals surface area contributed by atoms with Crippen LogP contribution in [-0.4, -0.2) is 11.0 Å². The Bertz CT molecular complexity index is 764. The van der Waals surface area contributed by atoms with Gasteiger partial charge >= 0.3 is 0 Å². The highest BCUT2D eigenvalue weighted by Gasteiger charge is 2.23. The van der Waals surface area contributed by atoms with Crippen LogP contribution < -0.4 is 11.3 Å². The summed E-state index contributed by atoms with van der Waals surface area (Å²) in [7, 11) is 0. The number of carbonyl (C=O) groups is 1. The summed E-state index contributed by atoms with van der Waals surface area (Å²) in [5.74, 6) is 4.95. The third-order valence-electron chi connectivity index (χ3n) is 4.37. The number of hydrogen-bond acceptors (Lipinski definition) is 3. The summed E-state index contributed by atoms with van der Waals surface area (Å²) < 4.78 is 0. The topological polar surface area (TPSA) is 75.3 Å². The van der Waals surface area contributed by atoms with Crippen molar-refractivity contribution in [3.8, 4) is 16.9 Å². The lowest BCUT2D eigenvalue weighted by atomic mass is 9.78. The number of nitrogens with one attached hydrogen (secondary N) is 1. The minimum atomic E-state index is -0.427. The number of phenolic OH excluding ortho intramolecular Hbond substituents is 1. The van der Waals surface area contributed by atoms with Crippen molar-refractivity contribution in [3.05, 3.63) is 53.1 Å². The van der Waals surface area contributed by atoms with Crippen LogP contribution in [-0.2, 0) is 10.8 Å². The Kier molecular flexibility index (Phi) is 4.96. The van der Waals surface area contributed by atoms with Crippen molar-refractivity contribution in [1.29, 1.82) is 0 Å². The Labute approximate surface area is 150 Å². The number of phenols is 1. The van der Waals surface area contributed by atoms with Crippen LogP contribution in [0.15, 0.2) is 36.4 Å². The largest absolute Gasteiger partial charge is 0.507 e. The number of hydrazine groups is 1. The molecule has 2 aromatic carbocycles. The fourth-order valence-corrected chi connectivity index (χ4v) is 2.75. The molecule has 1 amide bonds. The fraction of sp³-hybridized carbons (Fsp3) is 0.381. The molecule has 0 atom stereocenters. The third-order valence-corrected chi connectivity index (χ3v) is 4.37. The summed E-state index contributed by atoms with van der Waals surface area (Å²) in [4.78, 5) is 12.2.